The molecule has 0 saturated carbocycles. The largest absolute Gasteiger partial charge is 0.381 e. The molecule has 2 aliphatic heterocycles. The molecule has 144 valence electrons. The maximum Gasteiger partial charge on any atom is 0.321 e. The molecule has 1 aromatic carbocycles. The van der Waals surface area contributed by atoms with Gasteiger partial charge in [-0.3, -0.25) is 0 Å². The number of rotatable bonds is 2. The molecule has 27 heavy (non-hydrogen) atoms. The zero-order valence-electron chi connectivity index (χ0n) is 14.9. The molecule has 1 atom stereocenters. The van der Waals surface area contributed by atoms with Crippen molar-refractivity contribution in [1.82, 2.24) is 15.0 Å². The molecule has 2 aromatic rings. The van der Waals surface area contributed by atoms with Crippen molar-refractivity contribution in [2.45, 2.75) is 25.7 Å². The van der Waals surface area contributed by atoms with E-state index in [-0.39, 0.29) is 22.4 Å². The van der Waals surface area contributed by atoms with Crippen LogP contribution in [0.1, 0.15) is 30.5 Å². The van der Waals surface area contributed by atoms with Crippen molar-refractivity contribution in [2.75, 3.05) is 31.6 Å². The van der Waals surface area contributed by atoms with Crippen LogP contribution in [0.5, 0.6) is 0 Å². The Labute approximate surface area is 160 Å². The molecule has 0 unspecified atom stereocenters. The van der Waals surface area contributed by atoms with Crippen molar-refractivity contribution < 1.29 is 18.4 Å². The van der Waals surface area contributed by atoms with Gasteiger partial charge in [-0.1, -0.05) is 16.8 Å². The van der Waals surface area contributed by atoms with Crippen molar-refractivity contribution in [2.24, 2.45) is 5.41 Å². The van der Waals surface area contributed by atoms with Gasteiger partial charge in [-0.15, -0.1) is 0 Å². The second-order valence-corrected chi connectivity index (χ2v) is 7.55. The van der Waals surface area contributed by atoms with Gasteiger partial charge in [0.25, 0.3) is 0 Å². The maximum atomic E-state index is 13.3. The van der Waals surface area contributed by atoms with E-state index in [1.54, 1.807) is 11.8 Å². The van der Waals surface area contributed by atoms with Crippen molar-refractivity contribution >= 4 is 23.3 Å². The Morgan fingerprint density at radius 2 is 2.19 bits per heavy atom. The molecule has 7 nitrogen and oxygen atoms in total. The van der Waals surface area contributed by atoms with Gasteiger partial charge >= 0.3 is 6.03 Å². The lowest BCUT2D eigenvalue weighted by molar-refractivity contribution is 0.00959. The predicted octanol–water partition coefficient (Wildman–Crippen LogP) is 3.60. The maximum absolute atomic E-state index is 13.3. The second-order valence-electron chi connectivity index (χ2n) is 7.15. The molecule has 0 aliphatic carbocycles. The highest BCUT2D eigenvalue weighted by Crippen LogP contribution is 2.49. The van der Waals surface area contributed by atoms with Gasteiger partial charge in [0.05, 0.1) is 10.9 Å². The number of aromatic nitrogens is 2. The summed E-state index contributed by atoms with van der Waals surface area (Å²) in [4.78, 5) is 18.9. The molecular weight excluding hydrogens is 375 g/mol. The van der Waals surface area contributed by atoms with E-state index in [0.29, 0.717) is 43.7 Å². The number of anilines is 1. The Morgan fingerprint density at radius 3 is 2.85 bits per heavy atom. The molecule has 9 heteroatoms. The van der Waals surface area contributed by atoms with E-state index >= 15 is 0 Å². The number of carbonyl (C=O) groups excluding carboxylic acids is 1. The molecule has 1 N–H and O–H groups in total. The van der Waals surface area contributed by atoms with Gasteiger partial charge in [-0.25, -0.2) is 9.18 Å². The molecule has 2 saturated heterocycles. The van der Waals surface area contributed by atoms with Gasteiger partial charge in [-0.2, -0.15) is 4.98 Å². The highest BCUT2D eigenvalue weighted by molar-refractivity contribution is 6.31. The number of hydrogen-bond acceptors (Lipinski definition) is 5. The normalized spacial score (nSPS) is 21.6. The average Bonchev–Trinajstić information content (AvgIpc) is 3.23. The fourth-order valence-electron chi connectivity index (χ4n) is 3.98. The van der Waals surface area contributed by atoms with Crippen LogP contribution in [0.2, 0.25) is 5.02 Å². The van der Waals surface area contributed by atoms with Crippen molar-refractivity contribution in [1.29, 1.82) is 0 Å². The number of amides is 2. The Morgan fingerprint density at radius 1 is 1.41 bits per heavy atom. The fraction of sp³-hybridized carbons (Fsp3) is 0.500. The number of nitrogens with zero attached hydrogens (tertiary/aromatic N) is 3. The summed E-state index contributed by atoms with van der Waals surface area (Å²) in [6.45, 7) is 4.12. The van der Waals surface area contributed by atoms with Crippen molar-refractivity contribution in [3.05, 3.63) is 40.8 Å². The molecule has 1 aromatic heterocycles. The number of nitrogens with one attached hydrogen (secondary N) is 1. The first-order valence-corrected chi connectivity index (χ1v) is 9.24. The molecule has 2 aliphatic rings. The third kappa shape index (κ3) is 3.51. The van der Waals surface area contributed by atoms with Gasteiger partial charge in [0.2, 0.25) is 5.89 Å². The number of carbonyl (C=O) groups is 1. The van der Waals surface area contributed by atoms with E-state index < -0.39 is 5.82 Å². The summed E-state index contributed by atoms with van der Waals surface area (Å²) in [6.07, 6.45) is 1.65. The fourth-order valence-corrected chi connectivity index (χ4v) is 4.16. The van der Waals surface area contributed by atoms with Crippen LogP contribution in [0.15, 0.2) is 22.7 Å². The van der Waals surface area contributed by atoms with E-state index in [9.17, 15) is 9.18 Å². The SMILES string of the molecule is Cc1noc([C@H]2CN(C(=O)Nc3ccc(F)c(Cl)c3)CC23CCOCC3)n1. The number of ether oxygens (including phenoxy) is 1. The summed E-state index contributed by atoms with van der Waals surface area (Å²) in [6, 6.07) is 3.85. The molecule has 1 spiro atoms. The van der Waals surface area contributed by atoms with E-state index in [4.69, 9.17) is 20.9 Å². The summed E-state index contributed by atoms with van der Waals surface area (Å²) in [5.41, 5.74) is 0.305. The third-order valence-corrected chi connectivity index (χ3v) is 5.73. The predicted molar refractivity (Wildman–Crippen MR) is 96.3 cm³/mol. The summed E-state index contributed by atoms with van der Waals surface area (Å²) in [7, 11) is 0. The minimum Gasteiger partial charge on any atom is -0.381 e. The Kier molecular flexibility index (Phi) is 4.77. The number of urea groups is 1. The van der Waals surface area contributed by atoms with Gasteiger partial charge in [0.15, 0.2) is 5.82 Å². The Hall–Kier alpha value is -2.19. The molecule has 4 rings (SSSR count). The van der Waals surface area contributed by atoms with Crippen LogP contribution >= 0.6 is 11.6 Å². The van der Waals surface area contributed by atoms with Gasteiger partial charge in [0, 0.05) is 37.4 Å². The minimum absolute atomic E-state index is 0.0330. The minimum atomic E-state index is -0.524. The number of aryl methyl sites for hydroxylation is 1. The lowest BCUT2D eigenvalue weighted by Crippen LogP contribution is -2.38. The first-order chi connectivity index (χ1) is 13.0. The van der Waals surface area contributed by atoms with Gasteiger partial charge < -0.3 is 19.5 Å². The van der Waals surface area contributed by atoms with Gasteiger partial charge in [0.1, 0.15) is 5.82 Å². The zero-order valence-corrected chi connectivity index (χ0v) is 15.6. The molecular formula is C18H20ClFN4O3. The smallest absolute Gasteiger partial charge is 0.321 e. The highest BCUT2D eigenvalue weighted by Gasteiger charge is 2.51. The molecule has 0 radical (unpaired) electrons. The average molecular weight is 395 g/mol. The van der Waals surface area contributed by atoms with Crippen LogP contribution in [0.4, 0.5) is 14.9 Å². The van der Waals surface area contributed by atoms with Crippen molar-refractivity contribution in [3.8, 4) is 0 Å². The van der Waals surface area contributed by atoms with E-state index in [0.717, 1.165) is 12.8 Å². The number of benzene rings is 1. The number of hydrogen-bond donors (Lipinski definition) is 1. The van der Waals surface area contributed by atoms with Crippen LogP contribution in [0, 0.1) is 18.2 Å². The van der Waals surface area contributed by atoms with E-state index in [1.165, 1.54) is 18.2 Å². The zero-order chi connectivity index (χ0) is 19.0. The van der Waals surface area contributed by atoms with Crippen LogP contribution in [-0.2, 0) is 4.74 Å². The van der Waals surface area contributed by atoms with Crippen LogP contribution < -0.4 is 5.32 Å². The Balaban J connectivity index is 1.55. The van der Waals surface area contributed by atoms with Crippen LogP contribution in [-0.4, -0.2) is 47.4 Å². The topological polar surface area (TPSA) is 80.5 Å². The molecule has 0 bridgehead atoms. The van der Waals surface area contributed by atoms with Crippen LogP contribution in [0.25, 0.3) is 0 Å². The summed E-state index contributed by atoms with van der Waals surface area (Å²) < 4.78 is 24.3. The lowest BCUT2D eigenvalue weighted by atomic mass is 9.72. The summed E-state index contributed by atoms with van der Waals surface area (Å²) in [5, 5.41) is 6.66. The monoisotopic (exact) mass is 394 g/mol. The highest BCUT2D eigenvalue weighted by atomic mass is 35.5. The number of likely N-dealkylation sites (tertiary alicyclic amines) is 1. The molecule has 2 amide bonds. The summed E-state index contributed by atoms with van der Waals surface area (Å²) >= 11 is 5.80. The second kappa shape index (κ2) is 7.09. The van der Waals surface area contributed by atoms with Crippen LogP contribution in [0.3, 0.4) is 0 Å². The van der Waals surface area contributed by atoms with E-state index in [1.807, 2.05) is 0 Å². The molecule has 2 fully saturated rings. The first kappa shape index (κ1) is 18.2. The lowest BCUT2D eigenvalue weighted by Gasteiger charge is -2.36. The Bertz CT molecular complexity index is 853. The first-order valence-electron chi connectivity index (χ1n) is 8.86. The summed E-state index contributed by atoms with van der Waals surface area (Å²) in [5.74, 6) is 0.583. The third-order valence-electron chi connectivity index (χ3n) is 5.44. The standard InChI is InChI=1S/C18H20ClFN4O3/c1-11-21-16(27-23-11)13-9-24(10-18(13)4-6-26-7-5-18)17(25)22-12-2-3-15(20)14(19)8-12/h2-3,8,13H,4-7,9-10H2,1H3,(H,22,25)/t13-/m1/s1. The molecule has 3 heterocycles. The van der Waals surface area contributed by atoms with Crippen molar-refractivity contribution in [3.63, 3.8) is 0 Å². The quantitative estimate of drug-likeness (QED) is 0.841. The van der Waals surface area contributed by atoms with Gasteiger partial charge in [-0.05, 0) is 38.0 Å². The van der Waals surface area contributed by atoms with E-state index in [2.05, 4.69) is 15.5 Å². The number of halogens is 2.